The first-order valence-corrected chi connectivity index (χ1v) is 8.32. The van der Waals surface area contributed by atoms with Gasteiger partial charge in [-0.2, -0.15) is 0 Å². The van der Waals surface area contributed by atoms with E-state index in [0.29, 0.717) is 42.9 Å². The minimum Gasteiger partial charge on any atom is -0.502 e. The fourth-order valence-corrected chi connectivity index (χ4v) is 5.97. The Morgan fingerprint density at radius 2 is 2.09 bits per heavy atom. The van der Waals surface area contributed by atoms with Crippen LogP contribution >= 0.6 is 0 Å². The van der Waals surface area contributed by atoms with Crippen LogP contribution in [0.4, 0.5) is 4.39 Å². The van der Waals surface area contributed by atoms with Gasteiger partial charge in [0.25, 0.3) is 0 Å². The lowest BCUT2D eigenvalue weighted by Crippen LogP contribution is -2.76. The highest BCUT2D eigenvalue weighted by Gasteiger charge is 2.74. The predicted octanol–water partition coefficient (Wildman–Crippen LogP) is 1.62. The number of aliphatic hydroxyl groups is 1. The monoisotopic (exact) mass is 319 g/mol. The zero-order valence-electron chi connectivity index (χ0n) is 12.8. The quantitative estimate of drug-likeness (QED) is 0.723. The van der Waals surface area contributed by atoms with Crippen LogP contribution in [0.3, 0.4) is 0 Å². The van der Waals surface area contributed by atoms with Gasteiger partial charge in [0.05, 0.1) is 11.0 Å². The number of rotatable bonds is 0. The van der Waals surface area contributed by atoms with Gasteiger partial charge < -0.3 is 24.6 Å². The largest absolute Gasteiger partial charge is 0.502 e. The smallest absolute Gasteiger partial charge is 0.215 e. The van der Waals surface area contributed by atoms with Gasteiger partial charge in [0, 0.05) is 17.2 Å². The molecule has 1 saturated heterocycles. The van der Waals surface area contributed by atoms with Crippen molar-refractivity contribution >= 4 is 0 Å². The van der Waals surface area contributed by atoms with E-state index < -0.39 is 23.3 Å². The topological polar surface area (TPSA) is 65.5 Å². The summed E-state index contributed by atoms with van der Waals surface area (Å²) in [4.78, 5) is 2.18. The summed E-state index contributed by atoms with van der Waals surface area (Å²) in [5.41, 5.74) is 0.0562. The van der Waals surface area contributed by atoms with Gasteiger partial charge in [-0.3, -0.25) is 0 Å². The molecular formula is C17H18FNO4. The minimum absolute atomic E-state index is 0.0190. The third-order valence-electron chi connectivity index (χ3n) is 7.02. The molecule has 3 heterocycles. The zero-order chi connectivity index (χ0) is 15.7. The molecule has 3 aliphatic heterocycles. The van der Waals surface area contributed by atoms with E-state index in [-0.39, 0.29) is 11.8 Å². The average molecular weight is 319 g/mol. The number of likely N-dealkylation sites (tertiary alicyclic amines) is 1. The van der Waals surface area contributed by atoms with Crippen molar-refractivity contribution in [3.8, 4) is 23.0 Å². The SMILES string of the molecule is CN1CC[C@]23c4c5c6c(c(O)c4O[C@H]2[C@@H](F)CCC3(O)[C@H]1C5)O6. The van der Waals surface area contributed by atoms with Gasteiger partial charge in [0.2, 0.25) is 11.5 Å². The highest BCUT2D eigenvalue weighted by Crippen LogP contribution is 2.72. The maximum atomic E-state index is 14.8. The Labute approximate surface area is 132 Å². The van der Waals surface area contributed by atoms with Gasteiger partial charge in [-0.15, -0.1) is 0 Å². The summed E-state index contributed by atoms with van der Waals surface area (Å²) in [7, 11) is 2.02. The van der Waals surface area contributed by atoms with Gasteiger partial charge in [0.1, 0.15) is 12.3 Å². The number of likely N-dealkylation sites (N-methyl/N-ethyl adjacent to an activating group) is 1. The number of phenolic OH excluding ortho intramolecular Hbond substituents is 1. The molecule has 5 atom stereocenters. The molecule has 122 valence electrons. The summed E-state index contributed by atoms with van der Waals surface area (Å²) in [6.07, 6.45) is 0.198. The summed E-state index contributed by atoms with van der Waals surface area (Å²) < 4.78 is 26.2. The Kier molecular flexibility index (Phi) is 1.92. The van der Waals surface area contributed by atoms with Gasteiger partial charge in [-0.05, 0) is 39.3 Å². The molecule has 6 rings (SSSR count). The Morgan fingerprint density at radius 1 is 1.26 bits per heavy atom. The van der Waals surface area contributed by atoms with Gasteiger partial charge in [-0.25, -0.2) is 4.39 Å². The van der Waals surface area contributed by atoms with E-state index in [9.17, 15) is 14.6 Å². The Bertz CT molecular complexity index is 783. The standard InChI is InChI=1S/C17H18FNO4/c1-19-5-4-16-10-7-6-9(19)17(16,21)3-2-8(18)15(16)23-13(10)11(20)14-12(7)22-14/h8-9,15,20-21H,2-6H2,1H3/t8-,9+,15-,16-,17?/m0/s1. The van der Waals surface area contributed by atoms with Crippen molar-refractivity contribution < 1.29 is 24.1 Å². The van der Waals surface area contributed by atoms with Gasteiger partial charge >= 0.3 is 0 Å². The molecule has 1 aromatic rings. The molecule has 1 spiro atoms. The summed E-state index contributed by atoms with van der Waals surface area (Å²) in [6.45, 7) is 0.789. The first-order chi connectivity index (χ1) is 11.0. The van der Waals surface area contributed by atoms with Crippen molar-refractivity contribution in [1.82, 2.24) is 4.90 Å². The number of aromatic hydroxyl groups is 1. The fourth-order valence-electron chi connectivity index (χ4n) is 5.97. The second kappa shape index (κ2) is 3.44. The highest BCUT2D eigenvalue weighted by atomic mass is 19.1. The zero-order valence-corrected chi connectivity index (χ0v) is 12.8. The van der Waals surface area contributed by atoms with Crippen molar-refractivity contribution in [1.29, 1.82) is 0 Å². The van der Waals surface area contributed by atoms with E-state index in [2.05, 4.69) is 4.90 Å². The van der Waals surface area contributed by atoms with Crippen LogP contribution in [0.15, 0.2) is 0 Å². The van der Waals surface area contributed by atoms with Crippen LogP contribution in [0, 0.1) is 0 Å². The van der Waals surface area contributed by atoms with E-state index in [0.717, 1.165) is 17.7 Å². The number of hydrogen-bond donors (Lipinski definition) is 2. The van der Waals surface area contributed by atoms with Crippen LogP contribution < -0.4 is 9.47 Å². The number of ether oxygens (including phenoxy) is 2. The lowest BCUT2D eigenvalue weighted by Gasteiger charge is -2.62. The first kappa shape index (κ1) is 12.8. The lowest BCUT2D eigenvalue weighted by molar-refractivity contribution is -0.195. The van der Waals surface area contributed by atoms with Crippen molar-refractivity contribution in [2.24, 2.45) is 0 Å². The Morgan fingerprint density at radius 3 is 2.91 bits per heavy atom. The number of hydrogen-bond acceptors (Lipinski definition) is 5. The number of halogens is 1. The maximum Gasteiger partial charge on any atom is 0.215 e. The van der Waals surface area contributed by atoms with Crippen LogP contribution in [0.1, 0.15) is 30.4 Å². The van der Waals surface area contributed by atoms with Crippen LogP contribution in [0.5, 0.6) is 23.0 Å². The lowest BCUT2D eigenvalue weighted by atomic mass is 9.49. The number of piperidine rings is 1. The van der Waals surface area contributed by atoms with Gasteiger partial charge in [-0.1, -0.05) is 0 Å². The number of alkyl halides is 1. The van der Waals surface area contributed by atoms with E-state index in [4.69, 9.17) is 9.47 Å². The van der Waals surface area contributed by atoms with Crippen molar-refractivity contribution in [3.63, 3.8) is 0 Å². The van der Waals surface area contributed by atoms with E-state index >= 15 is 0 Å². The average Bonchev–Trinajstić information content (AvgIpc) is 3.23. The molecule has 2 N–H and O–H groups in total. The molecule has 0 aromatic heterocycles. The molecule has 0 radical (unpaired) electrons. The third kappa shape index (κ3) is 1.11. The maximum absolute atomic E-state index is 14.8. The molecule has 1 unspecified atom stereocenters. The van der Waals surface area contributed by atoms with E-state index in [1.165, 1.54) is 0 Å². The van der Waals surface area contributed by atoms with E-state index in [1.54, 1.807) is 0 Å². The van der Waals surface area contributed by atoms with Crippen molar-refractivity contribution in [2.45, 2.75) is 55.0 Å². The van der Waals surface area contributed by atoms with Crippen LogP contribution in [-0.2, 0) is 11.8 Å². The predicted molar refractivity (Wildman–Crippen MR) is 78.1 cm³/mol. The number of fused-ring (bicyclic) bond motifs is 2. The molecule has 0 amide bonds. The Hall–Kier alpha value is -1.53. The van der Waals surface area contributed by atoms with Crippen LogP contribution in [-0.4, -0.2) is 52.6 Å². The summed E-state index contributed by atoms with van der Waals surface area (Å²) in [5, 5.41) is 22.1. The Balaban J connectivity index is 1.73. The van der Waals surface area contributed by atoms with Gasteiger partial charge in [0.15, 0.2) is 11.5 Å². The second-order valence-electron chi connectivity index (χ2n) is 7.73. The van der Waals surface area contributed by atoms with Crippen LogP contribution in [0.25, 0.3) is 0 Å². The van der Waals surface area contributed by atoms with Crippen LogP contribution in [0.2, 0.25) is 0 Å². The number of benzene rings is 1. The molecule has 6 heteroatoms. The number of nitrogens with zero attached hydrogens (tertiary/aromatic N) is 1. The summed E-state index contributed by atoms with van der Waals surface area (Å²) in [6, 6.07) is -0.0638. The first-order valence-electron chi connectivity index (χ1n) is 8.32. The van der Waals surface area contributed by atoms with Crippen molar-refractivity contribution in [2.75, 3.05) is 13.6 Å². The normalized spacial score (nSPS) is 44.9. The second-order valence-corrected chi connectivity index (χ2v) is 7.73. The minimum atomic E-state index is -1.12. The van der Waals surface area contributed by atoms with E-state index in [1.807, 2.05) is 7.05 Å². The highest BCUT2D eigenvalue weighted by molar-refractivity contribution is 5.79. The van der Waals surface area contributed by atoms with Crippen molar-refractivity contribution in [3.05, 3.63) is 11.1 Å². The fraction of sp³-hybridized carbons (Fsp3) is 0.647. The molecule has 1 aromatic carbocycles. The third-order valence-corrected chi connectivity index (χ3v) is 7.02. The molecule has 5 aliphatic rings. The molecule has 1 saturated carbocycles. The molecule has 5 nitrogen and oxygen atoms in total. The number of phenols is 1. The molecule has 2 fully saturated rings. The molecule has 2 bridgehead atoms. The molecular weight excluding hydrogens is 301 g/mol. The summed E-state index contributed by atoms with van der Waals surface area (Å²) in [5.74, 6) is 1.52. The molecule has 2 aliphatic carbocycles. The molecule has 23 heavy (non-hydrogen) atoms. The summed E-state index contributed by atoms with van der Waals surface area (Å²) >= 11 is 0.